The molecule has 0 unspecified atom stereocenters. The van der Waals surface area contributed by atoms with Gasteiger partial charge in [0.05, 0.1) is 5.69 Å². The second-order valence-corrected chi connectivity index (χ2v) is 14.6. The highest BCUT2D eigenvalue weighted by Crippen LogP contribution is 2.47. The summed E-state index contributed by atoms with van der Waals surface area (Å²) in [5.41, 5.74) is 13.7. The van der Waals surface area contributed by atoms with Gasteiger partial charge in [-0.1, -0.05) is 172 Å². The number of aryl methyl sites for hydroxylation is 4. The van der Waals surface area contributed by atoms with E-state index in [4.69, 9.17) is 0 Å². The van der Waals surface area contributed by atoms with Crippen LogP contribution >= 0.6 is 0 Å². The van der Waals surface area contributed by atoms with E-state index < -0.39 is 0 Å². The number of hydrogen-bond acceptors (Lipinski definition) is 1. The molecule has 0 aliphatic heterocycles. The van der Waals surface area contributed by atoms with E-state index in [0.717, 1.165) is 19.3 Å². The number of unbranched alkanes of at least 4 members (excludes halogenated alkanes) is 1. The maximum atomic E-state index is 2.50. The molecule has 1 aliphatic carbocycles. The summed E-state index contributed by atoms with van der Waals surface area (Å²) in [6.45, 7) is 15.6. The molecule has 6 aromatic rings. The van der Waals surface area contributed by atoms with Gasteiger partial charge in [0, 0.05) is 22.3 Å². The normalized spacial score (nSPS) is 11.9. The van der Waals surface area contributed by atoms with E-state index in [2.05, 4.69) is 181 Å². The van der Waals surface area contributed by atoms with Crippen LogP contribution in [0.15, 0.2) is 140 Å². The quantitative estimate of drug-likeness (QED) is 0.172. The van der Waals surface area contributed by atoms with E-state index in [9.17, 15) is 0 Å². The van der Waals surface area contributed by atoms with Crippen molar-refractivity contribution >= 4 is 33.9 Å². The Hall–Kier alpha value is -4.88. The van der Waals surface area contributed by atoms with Crippen LogP contribution in [0.5, 0.6) is 0 Å². The molecule has 50 heavy (non-hydrogen) atoms. The molecule has 7 rings (SSSR count). The Morgan fingerprint density at radius 2 is 1.16 bits per heavy atom. The first-order valence-electron chi connectivity index (χ1n) is 18.4. The van der Waals surface area contributed by atoms with Gasteiger partial charge in [0.15, 0.2) is 0 Å². The summed E-state index contributed by atoms with van der Waals surface area (Å²) in [7, 11) is 0. The second-order valence-electron chi connectivity index (χ2n) is 14.6. The van der Waals surface area contributed by atoms with Crippen LogP contribution in [0.1, 0.15) is 85.9 Å². The van der Waals surface area contributed by atoms with E-state index >= 15 is 0 Å². The maximum Gasteiger partial charge on any atom is 0.0615 e. The average molecular weight is 658 g/mol. The molecule has 0 bridgehead atoms. The summed E-state index contributed by atoms with van der Waals surface area (Å²) in [4.78, 5) is 2.47. The Morgan fingerprint density at radius 1 is 0.600 bits per heavy atom. The summed E-state index contributed by atoms with van der Waals surface area (Å²) >= 11 is 0. The second kappa shape index (κ2) is 17.2. The summed E-state index contributed by atoms with van der Waals surface area (Å²) < 4.78 is 0. The van der Waals surface area contributed by atoms with Gasteiger partial charge >= 0.3 is 0 Å². The van der Waals surface area contributed by atoms with E-state index in [1.807, 2.05) is 18.2 Å². The smallest absolute Gasteiger partial charge is 0.0615 e. The van der Waals surface area contributed by atoms with E-state index in [-0.39, 0.29) is 5.41 Å². The number of hydrogen-bond donors (Lipinski definition) is 0. The van der Waals surface area contributed by atoms with Crippen LogP contribution in [0.4, 0.5) is 17.1 Å². The van der Waals surface area contributed by atoms with Crippen LogP contribution in [0.3, 0.4) is 0 Å². The van der Waals surface area contributed by atoms with Gasteiger partial charge in [0.2, 0.25) is 0 Å². The molecule has 0 radical (unpaired) electrons. The lowest BCUT2D eigenvalue weighted by Gasteiger charge is -2.32. The number of nitrogens with zero attached hydrogens (tertiary/aromatic N) is 1. The monoisotopic (exact) mass is 657 g/mol. The molecule has 0 fully saturated rings. The van der Waals surface area contributed by atoms with Gasteiger partial charge in [-0.05, 0) is 98.2 Å². The largest absolute Gasteiger partial charge is 0.309 e. The lowest BCUT2D eigenvalue weighted by molar-refractivity contribution is 0.591. The molecular formula is C49H55N. The minimum absolute atomic E-state index is 0.116. The van der Waals surface area contributed by atoms with Crippen molar-refractivity contribution in [3.63, 3.8) is 0 Å². The van der Waals surface area contributed by atoms with Crippen molar-refractivity contribution in [2.75, 3.05) is 4.90 Å². The number of benzene rings is 6. The zero-order chi connectivity index (χ0) is 35.5. The molecular weight excluding hydrogens is 603 g/mol. The zero-order valence-corrected chi connectivity index (χ0v) is 31.3. The van der Waals surface area contributed by atoms with E-state index in [1.165, 1.54) is 68.5 Å². The summed E-state index contributed by atoms with van der Waals surface area (Å²) in [5.74, 6) is 0. The molecule has 0 saturated carbocycles. The summed E-state index contributed by atoms with van der Waals surface area (Å²) in [5, 5.41) is 2.79. The van der Waals surface area contributed by atoms with E-state index in [1.54, 1.807) is 11.1 Å². The van der Waals surface area contributed by atoms with Crippen molar-refractivity contribution in [1.29, 1.82) is 0 Å². The highest BCUT2D eigenvalue weighted by molar-refractivity contribution is 6.06. The fraction of sp³-hybridized carbons (Fsp3) is 0.265. The molecule has 0 heterocycles. The molecule has 1 aliphatic rings. The van der Waals surface area contributed by atoms with Crippen molar-refractivity contribution in [3.05, 3.63) is 178 Å². The van der Waals surface area contributed by atoms with Gasteiger partial charge in [-0.15, -0.1) is 0 Å². The first-order valence-corrected chi connectivity index (χ1v) is 18.4. The number of fused-ring (bicyclic) bond motifs is 2. The van der Waals surface area contributed by atoms with Crippen LogP contribution in [0.25, 0.3) is 16.8 Å². The topological polar surface area (TPSA) is 3.24 Å². The summed E-state index contributed by atoms with van der Waals surface area (Å²) in [6.07, 6.45) is 10.6. The van der Waals surface area contributed by atoms with Crippen LogP contribution in [-0.2, 0) is 18.3 Å². The fourth-order valence-electron chi connectivity index (χ4n) is 6.76. The predicted molar refractivity (Wildman–Crippen MR) is 220 cm³/mol. The molecule has 0 spiro atoms. The Morgan fingerprint density at radius 3 is 1.64 bits per heavy atom. The molecule has 6 aromatic carbocycles. The number of allylic oxidation sites excluding steroid dienone is 1. The van der Waals surface area contributed by atoms with Gasteiger partial charge < -0.3 is 4.90 Å². The third-order valence-electron chi connectivity index (χ3n) is 9.40. The van der Waals surface area contributed by atoms with Crippen LogP contribution in [0, 0.1) is 20.8 Å². The van der Waals surface area contributed by atoms with Gasteiger partial charge in [-0.25, -0.2) is 0 Å². The molecule has 0 N–H and O–H groups in total. The van der Waals surface area contributed by atoms with Gasteiger partial charge in [-0.2, -0.15) is 0 Å². The standard InChI is InChI=1S/C34H37N.C8H10.C7H8/c1-5-6-19-29-28-20-13-14-21-30(28)33(31-23-22-25(24-32(29)31)34(2,3)4)35(26-15-9-7-10-16-26)27-17-11-8-12-18-27;1-7-4-3-5-8(2)6-7;1-7-5-3-2-4-6-7/h7-12,14-18,21-24H,5-6,13,19-20H2,1-4H3;3-6H,1-2H3;2-6H,1H3. The Kier molecular flexibility index (Phi) is 12.5. The van der Waals surface area contributed by atoms with Gasteiger partial charge in [0.1, 0.15) is 0 Å². The Balaban J connectivity index is 0.000000266. The van der Waals surface area contributed by atoms with Crippen molar-refractivity contribution in [2.24, 2.45) is 0 Å². The van der Waals surface area contributed by atoms with Crippen molar-refractivity contribution in [3.8, 4) is 0 Å². The molecule has 0 atom stereocenters. The Bertz CT molecular complexity index is 1920. The van der Waals surface area contributed by atoms with Gasteiger partial charge in [0.25, 0.3) is 0 Å². The first kappa shape index (κ1) is 36.4. The highest BCUT2D eigenvalue weighted by Gasteiger charge is 2.26. The number of rotatable bonds is 6. The van der Waals surface area contributed by atoms with E-state index in [0.29, 0.717) is 0 Å². The first-order chi connectivity index (χ1) is 24.2. The molecule has 0 amide bonds. The van der Waals surface area contributed by atoms with Crippen molar-refractivity contribution < 1.29 is 0 Å². The minimum atomic E-state index is 0.116. The molecule has 256 valence electrons. The third-order valence-corrected chi connectivity index (χ3v) is 9.40. The Labute approximate surface area is 302 Å². The third kappa shape index (κ3) is 9.21. The lowest BCUT2D eigenvalue weighted by atomic mass is 9.80. The predicted octanol–water partition coefficient (Wildman–Crippen LogP) is 14.2. The molecule has 1 heteroatoms. The maximum absolute atomic E-state index is 2.50. The molecule has 0 aromatic heterocycles. The highest BCUT2D eigenvalue weighted by atomic mass is 15.1. The van der Waals surface area contributed by atoms with Crippen molar-refractivity contribution in [1.82, 2.24) is 0 Å². The van der Waals surface area contributed by atoms with Gasteiger partial charge in [-0.3, -0.25) is 0 Å². The number of para-hydroxylation sites is 2. The minimum Gasteiger partial charge on any atom is -0.309 e. The van der Waals surface area contributed by atoms with Crippen LogP contribution in [0.2, 0.25) is 0 Å². The van der Waals surface area contributed by atoms with Crippen molar-refractivity contribution in [2.45, 2.75) is 86.0 Å². The number of anilines is 3. The van der Waals surface area contributed by atoms with Crippen LogP contribution in [-0.4, -0.2) is 0 Å². The fourth-order valence-corrected chi connectivity index (χ4v) is 6.76. The summed E-state index contributed by atoms with van der Waals surface area (Å²) in [6, 6.07) is 47.6. The molecule has 0 saturated heterocycles. The lowest BCUT2D eigenvalue weighted by Crippen LogP contribution is -2.16. The average Bonchev–Trinajstić information content (AvgIpc) is 3.12. The molecule has 1 nitrogen and oxygen atoms in total. The van der Waals surface area contributed by atoms with Crippen LogP contribution < -0.4 is 4.90 Å². The SMILES string of the molecule is CCCCc1c2c(c(N(c3ccccc3)c3ccccc3)c3ccc(C(C)(C)C)cc13)C=CCC2.Cc1cccc(C)c1.Cc1ccccc1. The zero-order valence-electron chi connectivity index (χ0n) is 31.3.